The van der Waals surface area contributed by atoms with Crippen molar-refractivity contribution in [3.8, 4) is 16.9 Å². The summed E-state index contributed by atoms with van der Waals surface area (Å²) in [5.74, 6) is 0.196. The van der Waals surface area contributed by atoms with Crippen LogP contribution >= 0.6 is 0 Å². The van der Waals surface area contributed by atoms with Crippen LogP contribution in [0, 0.1) is 5.92 Å². The van der Waals surface area contributed by atoms with E-state index in [1.807, 2.05) is 48.5 Å². The molecule has 0 saturated carbocycles. The maximum Gasteiger partial charge on any atom is 0.224 e. The van der Waals surface area contributed by atoms with Gasteiger partial charge in [-0.25, -0.2) is 8.42 Å². The first-order valence-corrected chi connectivity index (χ1v) is 10.7. The predicted molar refractivity (Wildman–Crippen MR) is 105 cm³/mol. The maximum atomic E-state index is 12.5. The molecule has 0 radical (unpaired) electrons. The Morgan fingerprint density at radius 1 is 1.11 bits per heavy atom. The molecule has 1 fully saturated rings. The zero-order chi connectivity index (χ0) is 19.4. The summed E-state index contributed by atoms with van der Waals surface area (Å²) in [5, 5.41) is 2.83. The molecule has 0 bridgehead atoms. The summed E-state index contributed by atoms with van der Waals surface area (Å²) in [5.41, 5.74) is 2.92. The molecule has 1 saturated heterocycles. The largest absolute Gasteiger partial charge is 0.496 e. The molecule has 0 aromatic heterocycles. The SMILES string of the molecule is COc1ccccc1-c1ccccc1C[C@@H]1CN(S(C)(=O)=O)CCNC1=O. The Morgan fingerprint density at radius 3 is 2.48 bits per heavy atom. The van der Waals surface area contributed by atoms with E-state index in [1.54, 1.807) is 7.11 Å². The van der Waals surface area contributed by atoms with Gasteiger partial charge < -0.3 is 10.1 Å². The number of hydrogen-bond acceptors (Lipinski definition) is 4. The first-order chi connectivity index (χ1) is 12.9. The van der Waals surface area contributed by atoms with Gasteiger partial charge >= 0.3 is 0 Å². The number of amides is 1. The Balaban J connectivity index is 1.94. The molecule has 7 heteroatoms. The highest BCUT2D eigenvalue weighted by Crippen LogP contribution is 2.33. The summed E-state index contributed by atoms with van der Waals surface area (Å²) in [6.07, 6.45) is 1.63. The average Bonchev–Trinajstić information content (AvgIpc) is 2.84. The Bertz CT molecular complexity index is 927. The van der Waals surface area contributed by atoms with Crippen molar-refractivity contribution in [2.24, 2.45) is 5.92 Å². The minimum absolute atomic E-state index is 0.115. The highest BCUT2D eigenvalue weighted by Gasteiger charge is 2.30. The molecule has 2 aromatic carbocycles. The normalized spacial score (nSPS) is 18.6. The number of para-hydroxylation sites is 1. The summed E-state index contributed by atoms with van der Waals surface area (Å²) in [6.45, 7) is 0.816. The lowest BCUT2D eigenvalue weighted by Crippen LogP contribution is -2.36. The Labute approximate surface area is 160 Å². The van der Waals surface area contributed by atoms with E-state index in [0.29, 0.717) is 19.5 Å². The molecule has 1 aliphatic rings. The fourth-order valence-electron chi connectivity index (χ4n) is 3.42. The van der Waals surface area contributed by atoms with Crippen LogP contribution in [0.15, 0.2) is 48.5 Å². The van der Waals surface area contributed by atoms with Gasteiger partial charge in [0.25, 0.3) is 0 Å². The van der Waals surface area contributed by atoms with Gasteiger partial charge in [0.1, 0.15) is 5.75 Å². The van der Waals surface area contributed by atoms with Crippen LogP contribution in [0.25, 0.3) is 11.1 Å². The minimum atomic E-state index is -3.35. The molecule has 2 aromatic rings. The smallest absolute Gasteiger partial charge is 0.224 e. The molecule has 144 valence electrons. The Hall–Kier alpha value is -2.38. The lowest BCUT2D eigenvalue weighted by atomic mass is 9.91. The van der Waals surface area contributed by atoms with Crippen molar-refractivity contribution in [3.63, 3.8) is 0 Å². The van der Waals surface area contributed by atoms with E-state index < -0.39 is 15.9 Å². The van der Waals surface area contributed by atoms with Crippen molar-refractivity contribution in [1.29, 1.82) is 0 Å². The maximum absolute atomic E-state index is 12.5. The van der Waals surface area contributed by atoms with Gasteiger partial charge in [0, 0.05) is 25.2 Å². The standard InChI is InChI=1S/C20H24N2O4S/c1-26-19-10-6-5-9-18(19)17-8-4-3-7-15(17)13-16-14-22(27(2,24)25)12-11-21-20(16)23/h3-10,16H,11-14H2,1-2H3,(H,21,23)/t16-/m1/s1. The number of carbonyl (C=O) groups is 1. The molecule has 0 spiro atoms. The second-order valence-electron chi connectivity index (χ2n) is 6.67. The summed E-state index contributed by atoms with van der Waals surface area (Å²) in [4.78, 5) is 12.5. The number of rotatable bonds is 5. The van der Waals surface area contributed by atoms with E-state index in [4.69, 9.17) is 4.74 Å². The zero-order valence-electron chi connectivity index (χ0n) is 15.5. The van der Waals surface area contributed by atoms with Crippen molar-refractivity contribution >= 4 is 15.9 Å². The molecule has 1 aliphatic heterocycles. The predicted octanol–water partition coefficient (Wildman–Crippen LogP) is 1.91. The fraction of sp³-hybridized carbons (Fsp3) is 0.350. The number of methoxy groups -OCH3 is 1. The topological polar surface area (TPSA) is 75.7 Å². The van der Waals surface area contributed by atoms with E-state index in [1.165, 1.54) is 10.6 Å². The monoisotopic (exact) mass is 388 g/mol. The Kier molecular flexibility index (Phi) is 5.82. The summed E-state index contributed by atoms with van der Waals surface area (Å²) in [7, 11) is -1.72. The third kappa shape index (κ3) is 4.48. The van der Waals surface area contributed by atoms with Crippen LogP contribution < -0.4 is 10.1 Å². The molecule has 27 heavy (non-hydrogen) atoms. The van der Waals surface area contributed by atoms with E-state index in [-0.39, 0.29) is 12.5 Å². The summed E-state index contributed by atoms with van der Waals surface area (Å²) in [6, 6.07) is 15.6. The number of ether oxygens (including phenoxy) is 1. The lowest BCUT2D eigenvalue weighted by Gasteiger charge is -2.22. The Morgan fingerprint density at radius 2 is 1.78 bits per heavy atom. The highest BCUT2D eigenvalue weighted by molar-refractivity contribution is 7.88. The van der Waals surface area contributed by atoms with Gasteiger partial charge in [-0.2, -0.15) is 4.31 Å². The summed E-state index contributed by atoms with van der Waals surface area (Å²) < 4.78 is 30.8. The van der Waals surface area contributed by atoms with Gasteiger partial charge in [-0.05, 0) is 23.6 Å². The average molecular weight is 388 g/mol. The molecule has 0 aliphatic carbocycles. The van der Waals surface area contributed by atoms with E-state index >= 15 is 0 Å². The number of nitrogens with zero attached hydrogens (tertiary/aromatic N) is 1. The number of benzene rings is 2. The van der Waals surface area contributed by atoms with Crippen molar-refractivity contribution in [2.45, 2.75) is 6.42 Å². The van der Waals surface area contributed by atoms with Gasteiger partial charge in [0.2, 0.25) is 15.9 Å². The van der Waals surface area contributed by atoms with E-state index in [0.717, 1.165) is 22.4 Å². The number of carbonyl (C=O) groups excluding carboxylic acids is 1. The van der Waals surface area contributed by atoms with Crippen LogP contribution in [0.5, 0.6) is 5.75 Å². The molecule has 1 N–H and O–H groups in total. The van der Waals surface area contributed by atoms with E-state index in [9.17, 15) is 13.2 Å². The van der Waals surface area contributed by atoms with Crippen molar-refractivity contribution in [2.75, 3.05) is 33.0 Å². The summed E-state index contributed by atoms with van der Waals surface area (Å²) >= 11 is 0. The van der Waals surface area contributed by atoms with Crippen LogP contribution in [-0.4, -0.2) is 51.6 Å². The van der Waals surface area contributed by atoms with Crippen LogP contribution in [0.1, 0.15) is 5.56 Å². The highest BCUT2D eigenvalue weighted by atomic mass is 32.2. The first kappa shape index (κ1) is 19.4. The first-order valence-electron chi connectivity index (χ1n) is 8.84. The minimum Gasteiger partial charge on any atom is -0.496 e. The molecule has 3 rings (SSSR count). The molecule has 6 nitrogen and oxygen atoms in total. The number of hydrogen-bond donors (Lipinski definition) is 1. The second-order valence-corrected chi connectivity index (χ2v) is 8.65. The molecule has 1 heterocycles. The van der Waals surface area contributed by atoms with Crippen LogP contribution in [-0.2, 0) is 21.2 Å². The van der Waals surface area contributed by atoms with Crippen molar-refractivity contribution in [1.82, 2.24) is 9.62 Å². The number of sulfonamides is 1. The van der Waals surface area contributed by atoms with Crippen LogP contribution in [0.3, 0.4) is 0 Å². The molecular weight excluding hydrogens is 364 g/mol. The van der Waals surface area contributed by atoms with Crippen molar-refractivity contribution < 1.29 is 17.9 Å². The van der Waals surface area contributed by atoms with Crippen molar-refractivity contribution in [3.05, 3.63) is 54.1 Å². The quantitative estimate of drug-likeness (QED) is 0.849. The third-order valence-corrected chi connectivity index (χ3v) is 6.07. The van der Waals surface area contributed by atoms with Crippen LogP contribution in [0.2, 0.25) is 0 Å². The van der Waals surface area contributed by atoms with Gasteiger partial charge in [0.05, 0.1) is 19.3 Å². The molecule has 0 unspecified atom stereocenters. The zero-order valence-corrected chi connectivity index (χ0v) is 16.3. The number of nitrogens with one attached hydrogen (secondary N) is 1. The van der Waals surface area contributed by atoms with Gasteiger partial charge in [0.15, 0.2) is 0 Å². The van der Waals surface area contributed by atoms with Gasteiger partial charge in [-0.3, -0.25) is 4.79 Å². The fourth-order valence-corrected chi connectivity index (χ4v) is 4.29. The van der Waals surface area contributed by atoms with Gasteiger partial charge in [-0.15, -0.1) is 0 Å². The van der Waals surface area contributed by atoms with E-state index in [2.05, 4.69) is 5.32 Å². The second kappa shape index (κ2) is 8.10. The lowest BCUT2D eigenvalue weighted by molar-refractivity contribution is -0.124. The molecule has 1 atom stereocenters. The molecule has 1 amide bonds. The van der Waals surface area contributed by atoms with Gasteiger partial charge in [-0.1, -0.05) is 42.5 Å². The van der Waals surface area contributed by atoms with Crippen LogP contribution in [0.4, 0.5) is 0 Å². The third-order valence-electron chi connectivity index (χ3n) is 4.81. The molecular formula is C20H24N2O4S.